The summed E-state index contributed by atoms with van der Waals surface area (Å²) in [5.74, 6) is -2.15. The fraction of sp³-hybridized carbons (Fsp3) is 0.333. The molecule has 1 N–H and O–H groups in total. The van der Waals surface area contributed by atoms with Gasteiger partial charge < -0.3 is 5.11 Å². The van der Waals surface area contributed by atoms with Crippen LogP contribution in [0, 0.1) is 0 Å². The molecule has 3 rings (SSSR count). The largest absolute Gasteiger partial charge is 0.506 e. The lowest BCUT2D eigenvalue weighted by molar-refractivity contribution is -0.141. The highest BCUT2D eigenvalue weighted by Crippen LogP contribution is 2.31. The molecule has 0 amide bonds. The zero-order valence-corrected chi connectivity index (χ0v) is 14.7. The minimum absolute atomic E-state index is 0.0144. The number of aromatic nitrogens is 3. The number of aliphatic hydroxyl groups is 1. The van der Waals surface area contributed by atoms with Gasteiger partial charge in [0.25, 0.3) is 6.43 Å². The average molecular weight is 415 g/mol. The second kappa shape index (κ2) is 7.72. The van der Waals surface area contributed by atoms with Crippen molar-refractivity contribution in [2.75, 3.05) is 0 Å². The van der Waals surface area contributed by atoms with Crippen LogP contribution in [0.1, 0.15) is 48.2 Å². The zero-order valence-electron chi connectivity index (χ0n) is 14.7. The van der Waals surface area contributed by atoms with E-state index in [1.54, 1.807) is 0 Å². The van der Waals surface area contributed by atoms with E-state index in [9.17, 15) is 36.6 Å². The van der Waals surface area contributed by atoms with Crippen molar-refractivity contribution in [1.82, 2.24) is 14.8 Å². The van der Waals surface area contributed by atoms with Gasteiger partial charge in [0.1, 0.15) is 22.7 Å². The summed E-state index contributed by atoms with van der Waals surface area (Å²) in [5.41, 5.74) is -2.72. The maximum atomic E-state index is 13.4. The molecule has 2 aromatic heterocycles. The van der Waals surface area contributed by atoms with E-state index in [4.69, 9.17) is 0 Å². The fourth-order valence-electron chi connectivity index (χ4n) is 2.95. The minimum Gasteiger partial charge on any atom is -0.506 e. The van der Waals surface area contributed by atoms with Crippen LogP contribution in [-0.2, 0) is 22.3 Å². The molecule has 0 aromatic carbocycles. The molecule has 1 aliphatic rings. The first-order valence-electron chi connectivity index (χ1n) is 8.45. The predicted molar refractivity (Wildman–Crippen MR) is 88.9 cm³/mol. The van der Waals surface area contributed by atoms with Gasteiger partial charge in [0, 0.05) is 25.2 Å². The number of Topliss-reactive ketones (excluding diaryl/α,β-unsaturated/α-hetero) is 2. The standard InChI is InChI=1S/C18H14F5N3O3/c19-17(20)15-10(16(29)14-11(27)2-1-3-12(14)28)8-26(25-15)7-9-4-5-13(24-6-9)18(21,22)23/h4-6,8,17,29H,1-3,7H2. The summed E-state index contributed by atoms with van der Waals surface area (Å²) in [5, 5.41) is 14.0. The maximum Gasteiger partial charge on any atom is 0.433 e. The van der Waals surface area contributed by atoms with Crippen molar-refractivity contribution in [3.8, 4) is 0 Å². The second-order valence-corrected chi connectivity index (χ2v) is 6.40. The van der Waals surface area contributed by atoms with Gasteiger partial charge >= 0.3 is 6.18 Å². The highest BCUT2D eigenvalue weighted by molar-refractivity contribution is 6.25. The first kappa shape index (κ1) is 20.6. The molecule has 1 aliphatic carbocycles. The van der Waals surface area contributed by atoms with Crippen LogP contribution in [-0.4, -0.2) is 31.4 Å². The highest BCUT2D eigenvalue weighted by atomic mass is 19.4. The summed E-state index contributed by atoms with van der Waals surface area (Å²) in [7, 11) is 0. The Kier molecular flexibility index (Phi) is 5.49. The van der Waals surface area contributed by atoms with Gasteiger partial charge in [-0.3, -0.25) is 19.3 Å². The van der Waals surface area contributed by atoms with Crippen molar-refractivity contribution in [3.63, 3.8) is 0 Å². The number of carbonyl (C=O) groups excluding carboxylic acids is 2. The second-order valence-electron chi connectivity index (χ2n) is 6.40. The number of nitrogens with zero attached hydrogens (tertiary/aromatic N) is 3. The van der Waals surface area contributed by atoms with E-state index in [1.165, 1.54) is 0 Å². The van der Waals surface area contributed by atoms with Crippen LogP contribution in [0.5, 0.6) is 0 Å². The molecule has 1 fully saturated rings. The van der Waals surface area contributed by atoms with E-state index >= 15 is 0 Å². The molecule has 0 saturated heterocycles. The van der Waals surface area contributed by atoms with Crippen LogP contribution in [0.2, 0.25) is 0 Å². The number of alkyl halides is 5. The summed E-state index contributed by atoms with van der Waals surface area (Å²) in [4.78, 5) is 27.2. The van der Waals surface area contributed by atoms with Crippen molar-refractivity contribution in [2.45, 2.75) is 38.4 Å². The van der Waals surface area contributed by atoms with Crippen LogP contribution in [0.4, 0.5) is 22.0 Å². The topological polar surface area (TPSA) is 85.1 Å². The first-order valence-corrected chi connectivity index (χ1v) is 8.45. The number of halogens is 5. The Morgan fingerprint density at radius 1 is 1.17 bits per heavy atom. The Bertz CT molecular complexity index is 960. The Morgan fingerprint density at radius 3 is 2.34 bits per heavy atom. The normalized spacial score (nSPS) is 15.3. The maximum absolute atomic E-state index is 13.4. The Balaban J connectivity index is 1.95. The predicted octanol–water partition coefficient (Wildman–Crippen LogP) is 3.87. The number of hydrogen-bond donors (Lipinski definition) is 1. The van der Waals surface area contributed by atoms with E-state index in [2.05, 4.69) is 10.1 Å². The Hall–Kier alpha value is -3.11. The van der Waals surface area contributed by atoms with Crippen LogP contribution in [0.3, 0.4) is 0 Å². The van der Waals surface area contributed by atoms with Crippen molar-refractivity contribution in [2.24, 2.45) is 0 Å². The van der Waals surface area contributed by atoms with Gasteiger partial charge in [-0.05, 0) is 18.1 Å². The molecule has 0 aliphatic heterocycles. The van der Waals surface area contributed by atoms with Crippen molar-refractivity contribution in [1.29, 1.82) is 0 Å². The number of aliphatic hydroxyl groups excluding tert-OH is 1. The van der Waals surface area contributed by atoms with Crippen molar-refractivity contribution in [3.05, 3.63) is 52.6 Å². The number of allylic oxidation sites excluding steroid dienone is 1. The van der Waals surface area contributed by atoms with Gasteiger partial charge in [-0.25, -0.2) is 8.78 Å². The molecule has 0 bridgehead atoms. The number of ketones is 2. The third kappa shape index (κ3) is 4.33. The first-order chi connectivity index (χ1) is 13.6. The molecule has 1 saturated carbocycles. The SMILES string of the molecule is O=C1CCCC(=O)C1=C(O)c1cn(Cc2ccc(C(F)(F)F)nc2)nc1C(F)F. The molecule has 0 spiro atoms. The molecule has 0 atom stereocenters. The minimum atomic E-state index is -4.61. The smallest absolute Gasteiger partial charge is 0.433 e. The summed E-state index contributed by atoms with van der Waals surface area (Å²) in [6.07, 6.45) is -5.45. The molecule has 0 unspecified atom stereocenters. The van der Waals surface area contributed by atoms with Crippen LogP contribution < -0.4 is 0 Å². The quantitative estimate of drug-likeness (QED) is 0.355. The lowest BCUT2D eigenvalue weighted by Gasteiger charge is -2.13. The molecule has 11 heteroatoms. The molecular formula is C18H14F5N3O3. The van der Waals surface area contributed by atoms with Crippen LogP contribution in [0.25, 0.3) is 5.76 Å². The van der Waals surface area contributed by atoms with E-state index in [-0.39, 0.29) is 24.9 Å². The van der Waals surface area contributed by atoms with Gasteiger partial charge in [0.2, 0.25) is 0 Å². The molecule has 0 radical (unpaired) electrons. The number of carbonyl (C=O) groups is 2. The van der Waals surface area contributed by atoms with Crippen molar-refractivity contribution >= 4 is 17.3 Å². The van der Waals surface area contributed by atoms with Gasteiger partial charge in [-0.2, -0.15) is 18.3 Å². The fourth-order valence-corrected chi connectivity index (χ4v) is 2.95. The number of pyridine rings is 1. The zero-order chi connectivity index (χ0) is 21.3. The monoisotopic (exact) mass is 415 g/mol. The molecular weight excluding hydrogens is 401 g/mol. The van der Waals surface area contributed by atoms with E-state index < -0.39 is 52.5 Å². The Labute approximate surface area is 160 Å². The van der Waals surface area contributed by atoms with E-state index in [0.29, 0.717) is 6.42 Å². The van der Waals surface area contributed by atoms with E-state index in [1.807, 2.05) is 0 Å². The molecule has 6 nitrogen and oxygen atoms in total. The lowest BCUT2D eigenvalue weighted by Crippen LogP contribution is -2.20. The lowest BCUT2D eigenvalue weighted by atomic mass is 9.90. The van der Waals surface area contributed by atoms with Crippen LogP contribution in [0.15, 0.2) is 30.1 Å². The van der Waals surface area contributed by atoms with Gasteiger partial charge in [0.15, 0.2) is 11.6 Å². The third-order valence-corrected chi connectivity index (χ3v) is 4.31. The van der Waals surface area contributed by atoms with Gasteiger partial charge in [-0.15, -0.1) is 0 Å². The summed E-state index contributed by atoms with van der Waals surface area (Å²) < 4.78 is 65.4. The third-order valence-electron chi connectivity index (χ3n) is 4.31. The Morgan fingerprint density at radius 2 is 1.83 bits per heavy atom. The van der Waals surface area contributed by atoms with Gasteiger partial charge in [0.05, 0.1) is 12.1 Å². The van der Waals surface area contributed by atoms with E-state index in [0.717, 1.165) is 29.2 Å². The number of rotatable bonds is 4. The van der Waals surface area contributed by atoms with Crippen LogP contribution >= 0.6 is 0 Å². The summed E-state index contributed by atoms with van der Waals surface area (Å²) >= 11 is 0. The molecule has 2 heterocycles. The summed E-state index contributed by atoms with van der Waals surface area (Å²) in [6, 6.07) is 1.86. The molecule has 29 heavy (non-hydrogen) atoms. The van der Waals surface area contributed by atoms with Gasteiger partial charge in [-0.1, -0.05) is 6.07 Å². The molecule has 154 valence electrons. The summed E-state index contributed by atoms with van der Waals surface area (Å²) in [6.45, 7) is -0.213. The number of hydrogen-bond acceptors (Lipinski definition) is 5. The molecule has 2 aromatic rings. The highest BCUT2D eigenvalue weighted by Gasteiger charge is 2.33. The average Bonchev–Trinajstić information content (AvgIpc) is 3.05. The van der Waals surface area contributed by atoms with Crippen molar-refractivity contribution < 1.29 is 36.6 Å².